The van der Waals surface area contributed by atoms with Crippen molar-refractivity contribution in [2.75, 3.05) is 13.2 Å². The first-order valence-corrected chi connectivity index (χ1v) is 14.9. The summed E-state index contributed by atoms with van der Waals surface area (Å²) in [6.45, 7) is 6.58. The lowest BCUT2D eigenvalue weighted by Crippen LogP contribution is -2.40. The number of fused-ring (bicyclic) bond motifs is 2. The molecule has 2 aromatic heterocycles. The quantitative estimate of drug-likeness (QED) is 0.227. The van der Waals surface area contributed by atoms with Gasteiger partial charge in [0.1, 0.15) is 17.6 Å². The number of thiazole rings is 1. The third-order valence-corrected chi connectivity index (χ3v) is 8.39. The number of rotatable bonds is 8. The average Bonchev–Trinajstić information content (AvgIpc) is 3.50. The van der Waals surface area contributed by atoms with Gasteiger partial charge in [0.2, 0.25) is 0 Å². The number of benzene rings is 3. The lowest BCUT2D eigenvalue weighted by molar-refractivity contribution is -0.139. The molecule has 43 heavy (non-hydrogen) atoms. The van der Waals surface area contributed by atoms with Crippen LogP contribution in [0.2, 0.25) is 0 Å². The van der Waals surface area contributed by atoms with Gasteiger partial charge in [-0.15, -0.1) is 0 Å². The maximum absolute atomic E-state index is 14.2. The minimum Gasteiger partial charge on any atom is -0.494 e. The van der Waals surface area contributed by atoms with Gasteiger partial charge >= 0.3 is 5.97 Å². The van der Waals surface area contributed by atoms with Crippen molar-refractivity contribution in [3.8, 4) is 5.75 Å². The molecule has 7 nitrogen and oxygen atoms in total. The molecule has 5 aromatic rings. The molecule has 0 saturated carbocycles. The van der Waals surface area contributed by atoms with Crippen molar-refractivity contribution in [2.45, 2.75) is 33.4 Å². The Morgan fingerprint density at radius 3 is 2.53 bits per heavy atom. The van der Waals surface area contributed by atoms with Crippen LogP contribution in [0.1, 0.15) is 43.5 Å². The molecule has 1 aliphatic rings. The lowest BCUT2D eigenvalue weighted by atomic mass is 9.95. The van der Waals surface area contributed by atoms with Gasteiger partial charge in [-0.2, -0.15) is 0 Å². The number of allylic oxidation sites excluding steroid dienone is 1. The zero-order chi connectivity index (χ0) is 30.1. The summed E-state index contributed by atoms with van der Waals surface area (Å²) in [6, 6.07) is 21.1. The van der Waals surface area contributed by atoms with E-state index in [0.29, 0.717) is 45.1 Å². The zero-order valence-electron chi connectivity index (χ0n) is 24.0. The van der Waals surface area contributed by atoms with E-state index in [4.69, 9.17) is 14.5 Å². The first-order chi connectivity index (χ1) is 20.9. The van der Waals surface area contributed by atoms with Gasteiger partial charge in [-0.3, -0.25) is 9.36 Å². The molecule has 0 radical (unpaired) electrons. The molecule has 0 spiro atoms. The summed E-state index contributed by atoms with van der Waals surface area (Å²) in [7, 11) is 0. The lowest BCUT2D eigenvalue weighted by Gasteiger charge is -2.26. The predicted octanol–water partition coefficient (Wildman–Crippen LogP) is 5.34. The number of esters is 1. The SMILES string of the molecule is CCOC(=O)C1=C(C)N=c2s/c(=C\c3cn(Cc4ccc(F)cc4)c4ccccc34)c(=O)n2C1c1ccccc1OCC. The number of halogens is 1. The Hall–Kier alpha value is -4.76. The molecule has 9 heteroatoms. The van der Waals surface area contributed by atoms with Crippen LogP contribution < -0.4 is 19.6 Å². The molecule has 1 aliphatic heterocycles. The highest BCUT2D eigenvalue weighted by atomic mass is 32.1. The van der Waals surface area contributed by atoms with Gasteiger partial charge < -0.3 is 14.0 Å². The number of nitrogens with zero attached hydrogens (tertiary/aromatic N) is 3. The molecule has 3 aromatic carbocycles. The zero-order valence-corrected chi connectivity index (χ0v) is 24.9. The summed E-state index contributed by atoms with van der Waals surface area (Å²) < 4.78 is 29.0. The van der Waals surface area contributed by atoms with Gasteiger partial charge in [0.05, 0.1) is 29.0 Å². The van der Waals surface area contributed by atoms with E-state index in [1.807, 2.05) is 67.7 Å². The number of aromatic nitrogens is 2. The molecule has 1 unspecified atom stereocenters. The smallest absolute Gasteiger partial charge is 0.338 e. The van der Waals surface area contributed by atoms with E-state index in [1.165, 1.54) is 23.5 Å². The summed E-state index contributed by atoms with van der Waals surface area (Å²) in [5.41, 5.74) is 4.06. The van der Waals surface area contributed by atoms with Gasteiger partial charge in [0.25, 0.3) is 5.56 Å². The van der Waals surface area contributed by atoms with Crippen LogP contribution in [0.3, 0.4) is 0 Å². The van der Waals surface area contributed by atoms with Crippen LogP contribution in [0, 0.1) is 5.82 Å². The van der Waals surface area contributed by atoms with E-state index < -0.39 is 12.0 Å². The number of carbonyl (C=O) groups excluding carboxylic acids is 1. The topological polar surface area (TPSA) is 74.8 Å². The normalized spacial score (nSPS) is 15.0. The van der Waals surface area contributed by atoms with Crippen LogP contribution in [0.25, 0.3) is 17.0 Å². The van der Waals surface area contributed by atoms with Crippen molar-refractivity contribution in [3.05, 3.63) is 132 Å². The van der Waals surface area contributed by atoms with Crippen LogP contribution >= 0.6 is 11.3 Å². The largest absolute Gasteiger partial charge is 0.494 e. The Morgan fingerprint density at radius 1 is 1.02 bits per heavy atom. The van der Waals surface area contributed by atoms with Gasteiger partial charge in [-0.05, 0) is 56.7 Å². The fraction of sp³-hybridized carbons (Fsp3) is 0.206. The van der Waals surface area contributed by atoms with E-state index in [9.17, 15) is 14.0 Å². The maximum atomic E-state index is 14.2. The average molecular weight is 596 g/mol. The first kappa shape index (κ1) is 28.4. The molecule has 0 amide bonds. The number of hydrogen-bond acceptors (Lipinski definition) is 6. The highest BCUT2D eigenvalue weighted by Gasteiger charge is 2.35. The first-order valence-electron chi connectivity index (χ1n) is 14.1. The number of para-hydroxylation sites is 2. The van der Waals surface area contributed by atoms with Crippen LogP contribution in [0.4, 0.5) is 4.39 Å². The summed E-state index contributed by atoms with van der Waals surface area (Å²) in [5.74, 6) is -0.205. The van der Waals surface area contributed by atoms with Gasteiger partial charge in [-0.1, -0.05) is 59.9 Å². The van der Waals surface area contributed by atoms with Crippen molar-refractivity contribution < 1.29 is 18.7 Å². The molecule has 1 atom stereocenters. The Labute approximate surface area is 251 Å². The molecule has 6 rings (SSSR count). The van der Waals surface area contributed by atoms with E-state index in [0.717, 1.165) is 22.0 Å². The fourth-order valence-electron chi connectivity index (χ4n) is 5.53. The molecule has 0 fully saturated rings. The second-order valence-electron chi connectivity index (χ2n) is 10.1. The van der Waals surface area contributed by atoms with Crippen LogP contribution in [-0.4, -0.2) is 28.3 Å². The Bertz CT molecular complexity index is 2050. The van der Waals surface area contributed by atoms with Gasteiger partial charge in [-0.25, -0.2) is 14.2 Å². The molecule has 0 bridgehead atoms. The van der Waals surface area contributed by atoms with Crippen molar-refractivity contribution >= 4 is 34.3 Å². The second-order valence-corrected chi connectivity index (χ2v) is 11.1. The van der Waals surface area contributed by atoms with E-state index in [1.54, 1.807) is 30.5 Å². The molecular formula is C34H30FN3O4S. The van der Waals surface area contributed by atoms with E-state index in [-0.39, 0.29) is 18.0 Å². The van der Waals surface area contributed by atoms with Crippen LogP contribution in [0.5, 0.6) is 5.75 Å². The highest BCUT2D eigenvalue weighted by molar-refractivity contribution is 7.07. The molecule has 0 aliphatic carbocycles. The number of carbonyl (C=O) groups is 1. The molecule has 0 N–H and O–H groups in total. The highest BCUT2D eigenvalue weighted by Crippen LogP contribution is 2.36. The molecule has 218 valence electrons. The molecule has 3 heterocycles. The maximum Gasteiger partial charge on any atom is 0.338 e. The summed E-state index contributed by atoms with van der Waals surface area (Å²) in [4.78, 5) is 32.7. The standard InChI is InChI=1S/C34H30FN3O4S/c1-4-41-28-13-9-7-11-26(28)31-30(33(40)42-5-2)21(3)36-34-38(31)32(39)29(43-34)18-23-20-37(27-12-8-6-10-25(23)27)19-22-14-16-24(35)17-15-22/h6-18,20,31H,4-5,19H2,1-3H3/b29-18-. The molecule has 0 saturated heterocycles. The summed E-state index contributed by atoms with van der Waals surface area (Å²) >= 11 is 1.28. The number of ether oxygens (including phenoxy) is 2. The van der Waals surface area contributed by atoms with Gasteiger partial charge in [0, 0.05) is 34.8 Å². The second kappa shape index (κ2) is 11.9. The minimum atomic E-state index is -0.764. The third-order valence-electron chi connectivity index (χ3n) is 7.40. The summed E-state index contributed by atoms with van der Waals surface area (Å²) in [5, 5.41) is 0.983. The van der Waals surface area contributed by atoms with Gasteiger partial charge in [0.15, 0.2) is 4.80 Å². The van der Waals surface area contributed by atoms with Crippen LogP contribution in [0.15, 0.2) is 100 Å². The monoisotopic (exact) mass is 595 g/mol. The van der Waals surface area contributed by atoms with Crippen LogP contribution in [-0.2, 0) is 16.1 Å². The minimum absolute atomic E-state index is 0.196. The van der Waals surface area contributed by atoms with Crippen molar-refractivity contribution in [2.24, 2.45) is 4.99 Å². The fourth-order valence-corrected chi connectivity index (χ4v) is 6.57. The molecular weight excluding hydrogens is 565 g/mol. The van der Waals surface area contributed by atoms with Crippen molar-refractivity contribution in [1.29, 1.82) is 0 Å². The van der Waals surface area contributed by atoms with Crippen molar-refractivity contribution in [3.63, 3.8) is 0 Å². The Kier molecular flexibility index (Phi) is 7.82. The predicted molar refractivity (Wildman–Crippen MR) is 165 cm³/mol. The van der Waals surface area contributed by atoms with E-state index >= 15 is 0 Å². The summed E-state index contributed by atoms with van der Waals surface area (Å²) in [6.07, 6.45) is 3.88. The third kappa shape index (κ3) is 5.32. The Morgan fingerprint density at radius 2 is 1.77 bits per heavy atom. The number of hydrogen-bond donors (Lipinski definition) is 0. The van der Waals surface area contributed by atoms with E-state index in [2.05, 4.69) is 4.57 Å². The Balaban J connectivity index is 1.52. The van der Waals surface area contributed by atoms with Crippen molar-refractivity contribution in [1.82, 2.24) is 9.13 Å².